The molecule has 0 radical (unpaired) electrons. The Morgan fingerprint density at radius 3 is 2.05 bits per heavy atom. The highest BCUT2D eigenvalue weighted by Crippen LogP contribution is 2.24. The number of ether oxygens (including phenoxy) is 1. The highest BCUT2D eigenvalue weighted by Gasteiger charge is 2.32. The van der Waals surface area contributed by atoms with E-state index in [0.717, 1.165) is 6.42 Å². The van der Waals surface area contributed by atoms with Gasteiger partial charge in [-0.05, 0) is 26.2 Å². The van der Waals surface area contributed by atoms with Crippen molar-refractivity contribution in [1.29, 1.82) is 0 Å². The number of hydrogen-bond donors (Lipinski definition) is 1. The molecule has 0 aliphatic rings. The van der Waals surface area contributed by atoms with Crippen molar-refractivity contribution in [3.05, 3.63) is 0 Å². The van der Waals surface area contributed by atoms with E-state index in [9.17, 15) is 9.59 Å². The van der Waals surface area contributed by atoms with E-state index in [4.69, 9.17) is 4.74 Å². The molecular formula is C18H35NO3. The molecule has 4 heteroatoms. The molecule has 0 rings (SSSR count). The molecule has 0 unspecified atom stereocenters. The number of carbonyl (C=O) groups excluding carboxylic acids is 2. The summed E-state index contributed by atoms with van der Waals surface area (Å²) in [7, 11) is 0. The number of ketones is 1. The molecule has 0 heterocycles. The van der Waals surface area contributed by atoms with Gasteiger partial charge in [0, 0.05) is 24.3 Å². The topological polar surface area (TPSA) is 55.4 Å². The van der Waals surface area contributed by atoms with Crippen molar-refractivity contribution in [3.8, 4) is 0 Å². The first-order valence-electron chi connectivity index (χ1n) is 8.32. The molecule has 0 bridgehead atoms. The van der Waals surface area contributed by atoms with Gasteiger partial charge in [-0.25, -0.2) is 0 Å². The molecule has 0 atom stereocenters. The normalized spacial score (nSPS) is 12.8. The fourth-order valence-electron chi connectivity index (χ4n) is 2.10. The average molecular weight is 313 g/mol. The monoisotopic (exact) mass is 313 g/mol. The molecule has 0 spiro atoms. The van der Waals surface area contributed by atoms with Gasteiger partial charge in [0.2, 0.25) is 5.91 Å². The van der Waals surface area contributed by atoms with E-state index in [-0.39, 0.29) is 17.6 Å². The molecule has 0 saturated heterocycles. The summed E-state index contributed by atoms with van der Waals surface area (Å²) in [5.74, 6) is 0.780. The Bertz CT molecular complexity index is 371. The lowest BCUT2D eigenvalue weighted by Gasteiger charge is -2.32. The highest BCUT2D eigenvalue weighted by atomic mass is 16.5. The molecule has 0 aliphatic heterocycles. The number of carbonyl (C=O) groups is 2. The van der Waals surface area contributed by atoms with E-state index in [2.05, 4.69) is 19.2 Å². The zero-order valence-electron chi connectivity index (χ0n) is 15.7. The van der Waals surface area contributed by atoms with Crippen LogP contribution in [0.4, 0.5) is 0 Å². The van der Waals surface area contributed by atoms with Crippen molar-refractivity contribution >= 4 is 11.7 Å². The summed E-state index contributed by atoms with van der Waals surface area (Å²) in [6.45, 7) is 16.5. The Morgan fingerprint density at radius 2 is 1.59 bits per heavy atom. The van der Waals surface area contributed by atoms with Crippen LogP contribution in [-0.2, 0) is 14.3 Å². The van der Waals surface area contributed by atoms with Gasteiger partial charge < -0.3 is 10.1 Å². The average Bonchev–Trinajstić information content (AvgIpc) is 2.40. The lowest BCUT2D eigenvalue weighted by atomic mass is 9.83. The van der Waals surface area contributed by atoms with Crippen molar-refractivity contribution in [2.75, 3.05) is 13.2 Å². The van der Waals surface area contributed by atoms with Gasteiger partial charge in [-0.1, -0.05) is 41.5 Å². The van der Waals surface area contributed by atoms with Gasteiger partial charge in [0.05, 0.1) is 12.2 Å². The van der Waals surface area contributed by atoms with Crippen molar-refractivity contribution in [3.63, 3.8) is 0 Å². The van der Waals surface area contributed by atoms with Crippen LogP contribution >= 0.6 is 0 Å². The molecule has 0 aromatic rings. The second-order valence-corrected chi connectivity index (χ2v) is 8.16. The number of nitrogens with one attached hydrogen (secondary N) is 1. The van der Waals surface area contributed by atoms with Crippen LogP contribution in [0.5, 0.6) is 0 Å². The minimum atomic E-state index is -0.507. The fraction of sp³-hybridized carbons (Fsp3) is 0.889. The molecule has 0 aliphatic carbocycles. The van der Waals surface area contributed by atoms with Gasteiger partial charge in [-0.3, -0.25) is 9.59 Å². The quantitative estimate of drug-likeness (QED) is 0.670. The van der Waals surface area contributed by atoms with Crippen molar-refractivity contribution in [2.45, 2.75) is 73.8 Å². The summed E-state index contributed by atoms with van der Waals surface area (Å²) in [6.07, 6.45) is 1.44. The highest BCUT2D eigenvalue weighted by molar-refractivity contribution is 5.85. The van der Waals surface area contributed by atoms with Crippen LogP contribution in [-0.4, -0.2) is 30.4 Å². The smallest absolute Gasteiger partial charge is 0.220 e. The largest absolute Gasteiger partial charge is 0.373 e. The molecular weight excluding hydrogens is 278 g/mol. The van der Waals surface area contributed by atoms with Gasteiger partial charge in [0.15, 0.2) is 0 Å². The first-order valence-corrected chi connectivity index (χ1v) is 8.32. The third-order valence-corrected chi connectivity index (χ3v) is 3.68. The summed E-state index contributed by atoms with van der Waals surface area (Å²) < 4.78 is 5.91. The van der Waals surface area contributed by atoms with Crippen LogP contribution in [0.2, 0.25) is 0 Å². The Balaban J connectivity index is 4.30. The lowest BCUT2D eigenvalue weighted by molar-refractivity contribution is -0.138. The molecule has 1 amide bonds. The zero-order valence-corrected chi connectivity index (χ0v) is 15.7. The van der Waals surface area contributed by atoms with E-state index in [1.165, 1.54) is 0 Å². The third kappa shape index (κ3) is 8.52. The predicted octanol–water partition coefficient (Wildman–Crippen LogP) is 3.59. The lowest BCUT2D eigenvalue weighted by Crippen LogP contribution is -2.44. The maximum atomic E-state index is 12.1. The van der Waals surface area contributed by atoms with Crippen molar-refractivity contribution in [1.82, 2.24) is 5.32 Å². The Labute approximate surface area is 136 Å². The standard InChI is InChI=1S/C18H35NO3/c1-13(2)9-10-15(20)19-11-18(7,8)22-12-17(5,6)16(21)14(3)4/h13-14H,9-12H2,1-8H3,(H,19,20). The SMILES string of the molecule is CC(C)CCC(=O)NCC(C)(C)OCC(C)(C)C(=O)C(C)C. The summed E-state index contributed by atoms with van der Waals surface area (Å²) >= 11 is 0. The van der Waals surface area contributed by atoms with Crippen LogP contribution in [0.3, 0.4) is 0 Å². The second kappa shape index (κ2) is 8.66. The maximum Gasteiger partial charge on any atom is 0.220 e. The molecule has 0 saturated carbocycles. The summed E-state index contributed by atoms with van der Waals surface area (Å²) in [5.41, 5.74) is -0.991. The van der Waals surface area contributed by atoms with Crippen molar-refractivity contribution < 1.29 is 14.3 Å². The van der Waals surface area contributed by atoms with Crippen LogP contribution in [0.25, 0.3) is 0 Å². The van der Waals surface area contributed by atoms with Crippen LogP contribution in [0, 0.1) is 17.3 Å². The number of Topliss-reactive ketones (excluding diaryl/α,β-unsaturated/α-hetero) is 1. The number of rotatable bonds is 10. The minimum Gasteiger partial charge on any atom is -0.373 e. The van der Waals surface area contributed by atoms with Gasteiger partial charge in [0.1, 0.15) is 5.78 Å². The second-order valence-electron chi connectivity index (χ2n) is 8.16. The first-order chi connectivity index (χ1) is 9.87. The summed E-state index contributed by atoms with van der Waals surface area (Å²) in [5, 5.41) is 2.92. The van der Waals surface area contributed by atoms with E-state index < -0.39 is 11.0 Å². The van der Waals surface area contributed by atoms with Crippen LogP contribution < -0.4 is 5.32 Å². The first kappa shape index (κ1) is 21.1. The zero-order chi connectivity index (χ0) is 17.6. The summed E-state index contributed by atoms with van der Waals surface area (Å²) in [6, 6.07) is 0. The molecule has 0 aromatic carbocycles. The van der Waals surface area contributed by atoms with Gasteiger partial charge >= 0.3 is 0 Å². The van der Waals surface area contributed by atoms with Crippen molar-refractivity contribution in [2.24, 2.45) is 17.3 Å². The van der Waals surface area contributed by atoms with Gasteiger partial charge in [0.25, 0.3) is 0 Å². The van der Waals surface area contributed by atoms with E-state index in [0.29, 0.717) is 25.5 Å². The van der Waals surface area contributed by atoms with Crippen LogP contribution in [0.1, 0.15) is 68.2 Å². The predicted molar refractivity (Wildman–Crippen MR) is 90.7 cm³/mol. The third-order valence-electron chi connectivity index (χ3n) is 3.68. The Morgan fingerprint density at radius 1 is 1.05 bits per heavy atom. The Kier molecular flexibility index (Phi) is 8.30. The molecule has 4 nitrogen and oxygen atoms in total. The molecule has 0 fully saturated rings. The van der Waals surface area contributed by atoms with Gasteiger partial charge in [-0.2, -0.15) is 0 Å². The van der Waals surface area contributed by atoms with Gasteiger partial charge in [-0.15, -0.1) is 0 Å². The minimum absolute atomic E-state index is 0.00236. The van der Waals surface area contributed by atoms with E-state index >= 15 is 0 Å². The summed E-state index contributed by atoms with van der Waals surface area (Å²) in [4.78, 5) is 23.9. The maximum absolute atomic E-state index is 12.1. The molecule has 1 N–H and O–H groups in total. The molecule has 0 aromatic heterocycles. The molecule has 22 heavy (non-hydrogen) atoms. The number of hydrogen-bond acceptors (Lipinski definition) is 3. The van der Waals surface area contributed by atoms with E-state index in [1.54, 1.807) is 0 Å². The van der Waals surface area contributed by atoms with Crippen LogP contribution in [0.15, 0.2) is 0 Å². The number of amides is 1. The Hall–Kier alpha value is -0.900. The van der Waals surface area contributed by atoms with E-state index in [1.807, 2.05) is 41.5 Å². The fourth-order valence-corrected chi connectivity index (χ4v) is 2.10. The molecule has 130 valence electrons.